The van der Waals surface area contributed by atoms with Gasteiger partial charge in [-0.3, -0.25) is 19.4 Å². The Morgan fingerprint density at radius 2 is 1.49 bits per heavy atom. The lowest BCUT2D eigenvalue weighted by molar-refractivity contribution is -0.132. The number of aryl methyl sites for hydroxylation is 1. The first-order valence-electron chi connectivity index (χ1n) is 11.1. The van der Waals surface area contributed by atoms with Gasteiger partial charge in [0.15, 0.2) is 5.11 Å². The van der Waals surface area contributed by atoms with Crippen molar-refractivity contribution in [2.75, 3.05) is 19.0 Å². The second-order valence-corrected chi connectivity index (χ2v) is 9.83. The first-order valence-corrected chi connectivity index (χ1v) is 12.3. The molecule has 0 N–H and O–H groups in total. The lowest BCUT2D eigenvalue weighted by Gasteiger charge is -2.31. The molecular weight excluding hydrogens is 474 g/mol. The standard InChI is InChI=1S/C28H23N3O2S2/c1-18-13-14-19-9-7-8-12-22(19)25(18)31(20-10-5-4-6-11-20)24-16-15-21(35-24)17-23-26(32)29(2)28(34)30(3)27(23)33/h4-17H,1-3H3. The monoisotopic (exact) mass is 497 g/mol. The first kappa shape index (κ1) is 23.0. The van der Waals surface area contributed by atoms with E-state index in [1.165, 1.54) is 21.1 Å². The number of rotatable bonds is 4. The molecule has 35 heavy (non-hydrogen) atoms. The van der Waals surface area contributed by atoms with Crippen molar-refractivity contribution in [3.8, 4) is 0 Å². The summed E-state index contributed by atoms with van der Waals surface area (Å²) in [5, 5.41) is 3.49. The maximum absolute atomic E-state index is 12.8. The molecule has 7 heteroatoms. The smallest absolute Gasteiger partial charge is 0.265 e. The second kappa shape index (κ2) is 9.09. The van der Waals surface area contributed by atoms with Crippen molar-refractivity contribution in [3.05, 3.63) is 94.9 Å². The summed E-state index contributed by atoms with van der Waals surface area (Å²) in [4.78, 5) is 31.3. The molecule has 0 spiro atoms. The van der Waals surface area contributed by atoms with Crippen LogP contribution in [0.2, 0.25) is 0 Å². The van der Waals surface area contributed by atoms with Crippen LogP contribution in [0.3, 0.4) is 0 Å². The molecule has 0 unspecified atom stereocenters. The zero-order chi connectivity index (χ0) is 24.7. The molecule has 1 aliphatic rings. The summed E-state index contributed by atoms with van der Waals surface area (Å²) in [6, 6.07) is 26.8. The zero-order valence-corrected chi connectivity index (χ0v) is 21.2. The SMILES string of the molecule is Cc1ccc2ccccc2c1N(c1ccccc1)c1ccc(C=C2C(=O)N(C)C(=S)N(C)C2=O)s1. The Bertz CT molecular complexity index is 1480. The van der Waals surface area contributed by atoms with Gasteiger partial charge in [-0.2, -0.15) is 0 Å². The van der Waals surface area contributed by atoms with E-state index in [-0.39, 0.29) is 10.7 Å². The normalized spacial score (nSPS) is 14.1. The highest BCUT2D eigenvalue weighted by Crippen LogP contribution is 2.44. The van der Waals surface area contributed by atoms with Gasteiger partial charge >= 0.3 is 0 Å². The van der Waals surface area contributed by atoms with Crippen LogP contribution in [0.15, 0.2) is 84.4 Å². The third-order valence-corrected chi connectivity index (χ3v) is 7.67. The molecule has 3 aromatic carbocycles. The number of nitrogens with zero attached hydrogens (tertiary/aromatic N) is 3. The van der Waals surface area contributed by atoms with Crippen LogP contribution in [0.4, 0.5) is 16.4 Å². The number of benzene rings is 3. The number of hydrogen-bond donors (Lipinski definition) is 0. The number of likely N-dealkylation sites (N-methyl/N-ethyl adjacent to an activating group) is 2. The number of fused-ring (bicyclic) bond motifs is 1. The van der Waals surface area contributed by atoms with Crippen molar-refractivity contribution in [3.63, 3.8) is 0 Å². The molecular formula is C28H23N3O2S2. The average molecular weight is 498 g/mol. The third-order valence-electron chi connectivity index (χ3n) is 6.10. The molecule has 1 aliphatic heterocycles. The van der Waals surface area contributed by atoms with Crippen LogP contribution in [-0.4, -0.2) is 40.8 Å². The van der Waals surface area contributed by atoms with Gasteiger partial charge in [0.25, 0.3) is 11.8 Å². The van der Waals surface area contributed by atoms with E-state index >= 15 is 0 Å². The molecule has 174 valence electrons. The lowest BCUT2D eigenvalue weighted by Crippen LogP contribution is -2.52. The Hall–Kier alpha value is -3.81. The minimum Gasteiger partial charge on any atom is -0.301 e. The molecule has 1 aromatic heterocycles. The summed E-state index contributed by atoms with van der Waals surface area (Å²) >= 11 is 6.72. The van der Waals surface area contributed by atoms with Gasteiger partial charge in [0.2, 0.25) is 0 Å². The fraction of sp³-hybridized carbons (Fsp3) is 0.107. The molecule has 2 heterocycles. The van der Waals surface area contributed by atoms with Gasteiger partial charge in [-0.05, 0) is 60.4 Å². The molecule has 1 fully saturated rings. The van der Waals surface area contributed by atoms with Crippen LogP contribution in [0.1, 0.15) is 10.4 Å². The van der Waals surface area contributed by atoms with Crippen molar-refractivity contribution in [2.24, 2.45) is 0 Å². The van der Waals surface area contributed by atoms with Crippen molar-refractivity contribution in [1.82, 2.24) is 9.80 Å². The fourth-order valence-corrected chi connectivity index (χ4v) is 5.41. The lowest BCUT2D eigenvalue weighted by atomic mass is 10.0. The number of para-hydroxylation sites is 1. The molecule has 2 amide bonds. The maximum atomic E-state index is 12.8. The number of anilines is 3. The van der Waals surface area contributed by atoms with Crippen molar-refractivity contribution in [1.29, 1.82) is 0 Å². The van der Waals surface area contributed by atoms with Crippen LogP contribution < -0.4 is 4.90 Å². The number of thiocarbonyl (C=S) groups is 1. The van der Waals surface area contributed by atoms with Gasteiger partial charge in [-0.15, -0.1) is 11.3 Å². The maximum Gasteiger partial charge on any atom is 0.265 e. The van der Waals surface area contributed by atoms with E-state index in [1.54, 1.807) is 20.2 Å². The number of thiophene rings is 1. The largest absolute Gasteiger partial charge is 0.301 e. The quantitative estimate of drug-likeness (QED) is 0.189. The third kappa shape index (κ3) is 4.03. The van der Waals surface area contributed by atoms with Crippen LogP contribution in [0.25, 0.3) is 16.8 Å². The molecule has 5 nitrogen and oxygen atoms in total. The first-order chi connectivity index (χ1) is 16.9. The fourth-order valence-electron chi connectivity index (χ4n) is 4.26. The highest BCUT2D eigenvalue weighted by atomic mass is 32.1. The zero-order valence-electron chi connectivity index (χ0n) is 19.6. The van der Waals surface area contributed by atoms with Gasteiger partial charge in [0, 0.05) is 30.0 Å². The van der Waals surface area contributed by atoms with Gasteiger partial charge in [-0.25, -0.2) is 0 Å². The number of carbonyl (C=O) groups is 2. The molecule has 4 aromatic rings. The molecule has 0 atom stereocenters. The topological polar surface area (TPSA) is 43.9 Å². The Balaban J connectivity index is 1.64. The van der Waals surface area contributed by atoms with E-state index in [2.05, 4.69) is 54.3 Å². The Kier molecular flexibility index (Phi) is 5.96. The Labute approximate surface area is 213 Å². The summed E-state index contributed by atoms with van der Waals surface area (Å²) in [5.74, 6) is -0.782. The second-order valence-electron chi connectivity index (χ2n) is 8.37. The Morgan fingerprint density at radius 1 is 0.829 bits per heavy atom. The molecule has 5 rings (SSSR count). The molecule has 0 saturated carbocycles. The number of hydrogen-bond acceptors (Lipinski definition) is 5. The van der Waals surface area contributed by atoms with Crippen LogP contribution in [0.5, 0.6) is 0 Å². The predicted molar refractivity (Wildman–Crippen MR) is 147 cm³/mol. The molecule has 1 saturated heterocycles. The van der Waals surface area contributed by atoms with Gasteiger partial charge in [0.05, 0.1) is 5.69 Å². The van der Waals surface area contributed by atoms with Crippen molar-refractivity contribution >= 4 is 73.7 Å². The number of amides is 2. The van der Waals surface area contributed by atoms with Gasteiger partial charge in [0.1, 0.15) is 10.6 Å². The highest BCUT2D eigenvalue weighted by Gasteiger charge is 2.35. The van der Waals surface area contributed by atoms with E-state index in [0.29, 0.717) is 0 Å². The summed E-state index contributed by atoms with van der Waals surface area (Å²) in [5.41, 5.74) is 3.38. The predicted octanol–water partition coefficient (Wildman–Crippen LogP) is 6.28. The van der Waals surface area contributed by atoms with Crippen molar-refractivity contribution in [2.45, 2.75) is 6.92 Å². The van der Waals surface area contributed by atoms with Crippen LogP contribution in [-0.2, 0) is 9.59 Å². The highest BCUT2D eigenvalue weighted by molar-refractivity contribution is 7.80. The van der Waals surface area contributed by atoms with Crippen molar-refractivity contribution < 1.29 is 9.59 Å². The summed E-state index contributed by atoms with van der Waals surface area (Å²) in [7, 11) is 3.17. The van der Waals surface area contributed by atoms with Gasteiger partial charge in [-0.1, -0.05) is 54.6 Å². The molecule has 0 radical (unpaired) electrons. The molecule has 0 aliphatic carbocycles. The Morgan fingerprint density at radius 3 is 2.20 bits per heavy atom. The number of carbonyl (C=O) groups excluding carboxylic acids is 2. The molecule has 0 bridgehead atoms. The van der Waals surface area contributed by atoms with Crippen LogP contribution >= 0.6 is 23.6 Å². The van der Waals surface area contributed by atoms with E-state index < -0.39 is 11.8 Å². The van der Waals surface area contributed by atoms with E-state index in [9.17, 15) is 9.59 Å². The van der Waals surface area contributed by atoms with E-state index in [1.807, 2.05) is 36.4 Å². The minimum atomic E-state index is -0.391. The van der Waals surface area contributed by atoms with Crippen LogP contribution in [0, 0.1) is 6.92 Å². The van der Waals surface area contributed by atoms with Gasteiger partial charge < -0.3 is 4.90 Å². The van der Waals surface area contributed by atoms with E-state index in [4.69, 9.17) is 12.2 Å². The summed E-state index contributed by atoms with van der Waals surface area (Å²) in [6.45, 7) is 2.11. The van der Waals surface area contributed by atoms with E-state index in [0.717, 1.165) is 37.6 Å². The summed E-state index contributed by atoms with van der Waals surface area (Å²) in [6.07, 6.45) is 1.66. The summed E-state index contributed by atoms with van der Waals surface area (Å²) < 4.78 is 0. The minimum absolute atomic E-state index is 0.101. The average Bonchev–Trinajstić information content (AvgIpc) is 3.34.